The molecule has 43 heavy (non-hydrogen) atoms. The number of unbranched alkanes of at least 4 members (excludes halogenated alkanes) is 1. The van der Waals surface area contributed by atoms with Gasteiger partial charge in [-0.25, -0.2) is 8.42 Å². The molecule has 9 nitrogen and oxygen atoms in total. The number of sulfonamides is 1. The molecule has 0 unspecified atom stereocenters. The van der Waals surface area contributed by atoms with E-state index in [4.69, 9.17) is 32.7 Å². The number of carbonyl (C=O) groups excluding carboxylic acids is 2. The van der Waals surface area contributed by atoms with Crippen LogP contribution in [0.5, 0.6) is 11.5 Å². The lowest BCUT2D eigenvalue weighted by molar-refractivity contribution is -0.140. The Morgan fingerprint density at radius 3 is 2.37 bits per heavy atom. The van der Waals surface area contributed by atoms with Crippen LogP contribution in [0.3, 0.4) is 0 Å². The summed E-state index contributed by atoms with van der Waals surface area (Å²) in [5, 5.41) is 3.61. The fraction of sp³-hybridized carbons (Fsp3) is 0.355. The van der Waals surface area contributed by atoms with Crippen LogP contribution in [0.15, 0.2) is 66.7 Å². The summed E-state index contributed by atoms with van der Waals surface area (Å²) in [7, 11) is -3.92. The highest BCUT2D eigenvalue weighted by Crippen LogP contribution is 2.36. The largest absolute Gasteiger partial charge is 0.454 e. The summed E-state index contributed by atoms with van der Waals surface area (Å²) in [6.45, 7) is 3.45. The first kappa shape index (κ1) is 32.4. The highest BCUT2D eigenvalue weighted by molar-refractivity contribution is 7.92. The second-order valence-corrected chi connectivity index (χ2v) is 13.1. The number of halogens is 2. The number of anilines is 1. The lowest BCUT2D eigenvalue weighted by atomic mass is 10.0. The molecular formula is C31H35Cl2N3O6S. The molecule has 0 saturated carbocycles. The van der Waals surface area contributed by atoms with Crippen molar-refractivity contribution in [3.63, 3.8) is 0 Å². The van der Waals surface area contributed by atoms with Gasteiger partial charge in [-0.15, -0.1) is 0 Å². The van der Waals surface area contributed by atoms with Crippen LogP contribution in [0.1, 0.15) is 37.8 Å². The normalized spacial score (nSPS) is 12.9. The minimum atomic E-state index is -3.92. The minimum Gasteiger partial charge on any atom is -0.454 e. The average molecular weight is 649 g/mol. The molecule has 12 heteroatoms. The van der Waals surface area contributed by atoms with Crippen molar-refractivity contribution in [3.05, 3.63) is 87.9 Å². The monoisotopic (exact) mass is 647 g/mol. The van der Waals surface area contributed by atoms with Gasteiger partial charge in [0.1, 0.15) is 12.6 Å². The van der Waals surface area contributed by atoms with Crippen LogP contribution < -0.4 is 19.1 Å². The van der Waals surface area contributed by atoms with E-state index < -0.39 is 28.5 Å². The lowest BCUT2D eigenvalue weighted by Gasteiger charge is -2.34. The van der Waals surface area contributed by atoms with E-state index in [0.717, 1.165) is 22.7 Å². The van der Waals surface area contributed by atoms with E-state index in [1.54, 1.807) is 30.3 Å². The Morgan fingerprint density at radius 2 is 1.67 bits per heavy atom. The number of benzene rings is 3. The zero-order chi connectivity index (χ0) is 31.0. The maximum absolute atomic E-state index is 14.3. The number of hydrogen-bond donors (Lipinski definition) is 1. The molecule has 1 atom stereocenters. The van der Waals surface area contributed by atoms with Crippen LogP contribution in [-0.4, -0.2) is 56.8 Å². The molecule has 230 valence electrons. The van der Waals surface area contributed by atoms with Crippen molar-refractivity contribution in [2.45, 2.75) is 45.7 Å². The van der Waals surface area contributed by atoms with E-state index in [1.807, 2.05) is 37.3 Å². The zero-order valence-electron chi connectivity index (χ0n) is 24.1. The van der Waals surface area contributed by atoms with Gasteiger partial charge < -0.3 is 19.7 Å². The van der Waals surface area contributed by atoms with Crippen LogP contribution in [0.4, 0.5) is 5.69 Å². The molecule has 0 aliphatic carbocycles. The third kappa shape index (κ3) is 8.34. The number of rotatable bonds is 14. The Hall–Kier alpha value is -3.47. The smallest absolute Gasteiger partial charge is 0.244 e. The van der Waals surface area contributed by atoms with Gasteiger partial charge in [0, 0.05) is 25.6 Å². The van der Waals surface area contributed by atoms with Crippen LogP contribution in [0.2, 0.25) is 10.0 Å². The van der Waals surface area contributed by atoms with E-state index in [0.29, 0.717) is 33.7 Å². The topological polar surface area (TPSA) is 105 Å². The van der Waals surface area contributed by atoms with Crippen molar-refractivity contribution < 1.29 is 27.5 Å². The number of carbonyl (C=O) groups is 2. The Bertz CT molecular complexity index is 1540. The zero-order valence-corrected chi connectivity index (χ0v) is 26.4. The minimum absolute atomic E-state index is 0.00439. The Kier molecular flexibility index (Phi) is 11.2. The summed E-state index contributed by atoms with van der Waals surface area (Å²) in [6.07, 6.45) is 1.88. The second kappa shape index (κ2) is 14.8. The number of nitrogens with one attached hydrogen (secondary N) is 1. The summed E-state index contributed by atoms with van der Waals surface area (Å²) < 4.78 is 38.6. The van der Waals surface area contributed by atoms with Gasteiger partial charge in [-0.05, 0) is 48.7 Å². The van der Waals surface area contributed by atoms with Crippen LogP contribution in [0.25, 0.3) is 0 Å². The summed E-state index contributed by atoms with van der Waals surface area (Å²) >= 11 is 12.4. The van der Waals surface area contributed by atoms with Gasteiger partial charge >= 0.3 is 0 Å². The van der Waals surface area contributed by atoms with Gasteiger partial charge in [-0.2, -0.15) is 0 Å². The second-order valence-electron chi connectivity index (χ2n) is 10.1. The fourth-order valence-electron chi connectivity index (χ4n) is 4.65. The number of fused-ring (bicyclic) bond motifs is 1. The molecule has 1 heterocycles. The van der Waals surface area contributed by atoms with E-state index in [1.165, 1.54) is 17.9 Å². The summed E-state index contributed by atoms with van der Waals surface area (Å²) in [5.74, 6) is -0.277. The lowest BCUT2D eigenvalue weighted by Crippen LogP contribution is -2.53. The molecule has 0 radical (unpaired) electrons. The predicted octanol–water partition coefficient (Wildman–Crippen LogP) is 5.43. The van der Waals surface area contributed by atoms with Crippen molar-refractivity contribution in [2.75, 3.05) is 29.9 Å². The molecule has 0 bridgehead atoms. The van der Waals surface area contributed by atoms with Gasteiger partial charge in [-0.1, -0.05) is 72.9 Å². The molecule has 1 aliphatic rings. The van der Waals surface area contributed by atoms with Crippen molar-refractivity contribution in [1.82, 2.24) is 10.2 Å². The van der Waals surface area contributed by atoms with E-state index >= 15 is 0 Å². The first-order valence-electron chi connectivity index (χ1n) is 14.1. The predicted molar refractivity (Wildman–Crippen MR) is 168 cm³/mol. The number of amides is 2. The van der Waals surface area contributed by atoms with Gasteiger partial charge in [-0.3, -0.25) is 13.9 Å². The molecule has 0 spiro atoms. The molecule has 2 amide bonds. The molecule has 4 rings (SSSR count). The van der Waals surface area contributed by atoms with Gasteiger partial charge in [0.25, 0.3) is 0 Å². The highest BCUT2D eigenvalue weighted by Gasteiger charge is 2.34. The number of nitrogens with zero attached hydrogens (tertiary/aromatic N) is 2. The van der Waals surface area contributed by atoms with Crippen molar-refractivity contribution in [2.24, 2.45) is 0 Å². The molecule has 0 aromatic heterocycles. The maximum atomic E-state index is 14.3. The third-order valence-corrected chi connectivity index (χ3v) is 9.54. The molecule has 3 aromatic carbocycles. The standard InChI is InChI=1S/C31H35Cl2N3O6S/c1-3-5-15-34-31(38)27(17-22-9-7-6-8-10-22)35(19-23-11-13-25(32)26(33)16-23)30(37)20-36(43(39,40)4-2)24-12-14-28-29(18-24)42-21-41-28/h6-14,16,18,27H,3-5,15,17,19-21H2,1-2H3,(H,34,38)/t27-/m0/s1. The molecule has 0 saturated heterocycles. The highest BCUT2D eigenvalue weighted by atomic mass is 35.5. The van der Waals surface area contributed by atoms with Crippen LogP contribution in [0, 0.1) is 0 Å². The first-order chi connectivity index (χ1) is 20.6. The summed E-state index contributed by atoms with van der Waals surface area (Å²) in [4.78, 5) is 29.4. The summed E-state index contributed by atoms with van der Waals surface area (Å²) in [5.41, 5.74) is 1.73. The molecule has 1 N–H and O–H groups in total. The molecule has 1 aliphatic heterocycles. The first-order valence-corrected chi connectivity index (χ1v) is 16.4. The Labute approximate surface area is 262 Å². The summed E-state index contributed by atoms with van der Waals surface area (Å²) in [6, 6.07) is 18.1. The Morgan fingerprint density at radius 1 is 0.930 bits per heavy atom. The number of hydrogen-bond acceptors (Lipinski definition) is 6. The van der Waals surface area contributed by atoms with Crippen molar-refractivity contribution >= 4 is 50.7 Å². The van der Waals surface area contributed by atoms with Gasteiger partial charge in [0.05, 0.1) is 21.5 Å². The fourth-order valence-corrected chi connectivity index (χ4v) is 6.03. The average Bonchev–Trinajstić information content (AvgIpc) is 3.48. The quantitative estimate of drug-likeness (QED) is 0.234. The molecular weight excluding hydrogens is 613 g/mol. The number of ether oxygens (including phenoxy) is 2. The maximum Gasteiger partial charge on any atom is 0.244 e. The van der Waals surface area contributed by atoms with E-state index in [2.05, 4.69) is 5.32 Å². The third-order valence-electron chi connectivity index (χ3n) is 7.06. The van der Waals surface area contributed by atoms with Crippen molar-refractivity contribution in [1.29, 1.82) is 0 Å². The van der Waals surface area contributed by atoms with E-state index in [9.17, 15) is 18.0 Å². The molecule has 0 fully saturated rings. The van der Waals surface area contributed by atoms with Gasteiger partial charge in [0.2, 0.25) is 28.6 Å². The van der Waals surface area contributed by atoms with E-state index in [-0.39, 0.29) is 37.1 Å². The van der Waals surface area contributed by atoms with Crippen molar-refractivity contribution in [3.8, 4) is 11.5 Å². The molecule has 3 aromatic rings. The van der Waals surface area contributed by atoms with Crippen LogP contribution >= 0.6 is 23.2 Å². The van der Waals surface area contributed by atoms with Gasteiger partial charge in [0.15, 0.2) is 11.5 Å². The Balaban J connectivity index is 1.74. The SMILES string of the molecule is CCCCNC(=O)[C@H](Cc1ccccc1)N(Cc1ccc(Cl)c(Cl)c1)C(=O)CN(c1ccc2c(c1)OCO2)S(=O)(=O)CC. The van der Waals surface area contributed by atoms with Crippen LogP contribution in [-0.2, 0) is 32.6 Å².